The number of sulfonamides is 1. The summed E-state index contributed by atoms with van der Waals surface area (Å²) in [6, 6.07) is 19.8. The molecule has 35 heavy (non-hydrogen) atoms. The smallest absolute Gasteiger partial charge is 0.411 e. The van der Waals surface area contributed by atoms with E-state index in [1.54, 1.807) is 42.5 Å². The molecule has 0 saturated heterocycles. The van der Waals surface area contributed by atoms with Gasteiger partial charge in [0, 0.05) is 30.6 Å². The first-order chi connectivity index (χ1) is 16.9. The summed E-state index contributed by atoms with van der Waals surface area (Å²) < 4.78 is 37.8. The van der Waals surface area contributed by atoms with E-state index in [0.29, 0.717) is 30.0 Å². The van der Waals surface area contributed by atoms with Crippen molar-refractivity contribution in [3.8, 4) is 0 Å². The number of rotatable bonds is 8. The Balaban J connectivity index is 1.47. The number of methoxy groups -OCH3 is 1. The van der Waals surface area contributed by atoms with Gasteiger partial charge in [0.15, 0.2) is 0 Å². The standard InChI is InChI=1S/C25H25N3O6S/c1-33-14-15-34-25(30)27-21-9-5-8-20(17-21)26-24(29)19-7-4-10-22(16-19)35(31,32)28-13-12-18-6-2-3-11-23(18)28/h2-11,16-17H,12-15H2,1H3,(H,26,29)(H,27,30). The fourth-order valence-corrected chi connectivity index (χ4v) is 5.28. The predicted molar refractivity (Wildman–Crippen MR) is 132 cm³/mol. The highest BCUT2D eigenvalue weighted by Crippen LogP contribution is 2.32. The van der Waals surface area contributed by atoms with Gasteiger partial charge in [0.05, 0.1) is 17.2 Å². The number of nitrogens with one attached hydrogen (secondary N) is 2. The number of hydrogen-bond acceptors (Lipinski definition) is 6. The first kappa shape index (κ1) is 24.2. The second-order valence-electron chi connectivity index (χ2n) is 7.77. The molecule has 1 heterocycles. The average molecular weight is 496 g/mol. The Morgan fingerprint density at radius 2 is 1.66 bits per heavy atom. The molecule has 0 saturated carbocycles. The molecule has 0 radical (unpaired) electrons. The van der Waals surface area contributed by atoms with Gasteiger partial charge < -0.3 is 14.8 Å². The lowest BCUT2D eigenvalue weighted by Gasteiger charge is -2.20. The molecule has 0 aromatic heterocycles. The molecule has 1 aliphatic rings. The molecular weight excluding hydrogens is 470 g/mol. The molecule has 0 spiro atoms. The van der Waals surface area contributed by atoms with Crippen molar-refractivity contribution in [1.29, 1.82) is 0 Å². The average Bonchev–Trinajstić information content (AvgIpc) is 3.30. The Kier molecular flexibility index (Phi) is 7.33. The van der Waals surface area contributed by atoms with Crippen molar-refractivity contribution in [2.24, 2.45) is 0 Å². The maximum Gasteiger partial charge on any atom is 0.411 e. The molecule has 2 amide bonds. The third kappa shape index (κ3) is 5.61. The van der Waals surface area contributed by atoms with Crippen molar-refractivity contribution in [2.75, 3.05) is 41.8 Å². The van der Waals surface area contributed by atoms with E-state index in [1.165, 1.54) is 29.6 Å². The van der Waals surface area contributed by atoms with E-state index < -0.39 is 22.0 Å². The van der Waals surface area contributed by atoms with Crippen molar-refractivity contribution >= 4 is 39.1 Å². The lowest BCUT2D eigenvalue weighted by molar-refractivity contribution is 0.102. The number of anilines is 3. The zero-order valence-electron chi connectivity index (χ0n) is 19.1. The summed E-state index contributed by atoms with van der Waals surface area (Å²) in [6.07, 6.45) is -0.00760. The number of benzene rings is 3. The van der Waals surface area contributed by atoms with E-state index in [0.717, 1.165) is 5.56 Å². The summed E-state index contributed by atoms with van der Waals surface area (Å²) in [6.45, 7) is 0.745. The molecule has 0 bridgehead atoms. The number of carbonyl (C=O) groups is 2. The Morgan fingerprint density at radius 3 is 2.46 bits per heavy atom. The van der Waals surface area contributed by atoms with Crippen molar-refractivity contribution in [3.05, 3.63) is 83.9 Å². The maximum atomic E-state index is 13.3. The SMILES string of the molecule is COCCOC(=O)Nc1cccc(NC(=O)c2cccc(S(=O)(=O)N3CCc4ccccc43)c2)c1. The zero-order valence-corrected chi connectivity index (χ0v) is 19.9. The Morgan fingerprint density at radius 1 is 0.914 bits per heavy atom. The number of nitrogens with zero attached hydrogens (tertiary/aromatic N) is 1. The highest BCUT2D eigenvalue weighted by Gasteiger charge is 2.31. The Bertz CT molecular complexity index is 1340. The number of fused-ring (bicyclic) bond motifs is 1. The van der Waals surface area contributed by atoms with Crippen LogP contribution in [0.3, 0.4) is 0 Å². The van der Waals surface area contributed by atoms with Crippen LogP contribution in [0.25, 0.3) is 0 Å². The van der Waals surface area contributed by atoms with Crippen LogP contribution in [0.1, 0.15) is 15.9 Å². The number of amides is 2. The molecule has 0 aliphatic carbocycles. The molecule has 2 N–H and O–H groups in total. The Labute approximate surface area is 203 Å². The summed E-state index contributed by atoms with van der Waals surface area (Å²) >= 11 is 0. The molecule has 182 valence electrons. The van der Waals surface area contributed by atoms with Crippen LogP contribution in [-0.2, 0) is 25.9 Å². The van der Waals surface area contributed by atoms with Gasteiger partial charge in [0.25, 0.3) is 15.9 Å². The number of para-hydroxylation sites is 1. The molecule has 3 aromatic rings. The molecule has 10 heteroatoms. The minimum atomic E-state index is -3.83. The van der Waals surface area contributed by atoms with Gasteiger partial charge in [-0.05, 0) is 54.4 Å². The maximum absolute atomic E-state index is 13.3. The van der Waals surface area contributed by atoms with Crippen LogP contribution in [0.5, 0.6) is 0 Å². The third-order valence-electron chi connectivity index (χ3n) is 5.42. The van der Waals surface area contributed by atoms with Gasteiger partial charge in [-0.15, -0.1) is 0 Å². The number of hydrogen-bond donors (Lipinski definition) is 2. The van der Waals surface area contributed by atoms with Crippen molar-refractivity contribution in [3.63, 3.8) is 0 Å². The van der Waals surface area contributed by atoms with Gasteiger partial charge in [-0.3, -0.25) is 14.4 Å². The van der Waals surface area contributed by atoms with Crippen LogP contribution in [0.15, 0.2) is 77.7 Å². The first-order valence-corrected chi connectivity index (χ1v) is 12.4. The van der Waals surface area contributed by atoms with Crippen LogP contribution in [0.2, 0.25) is 0 Å². The fraction of sp³-hybridized carbons (Fsp3) is 0.200. The molecule has 4 rings (SSSR count). The monoisotopic (exact) mass is 495 g/mol. The minimum absolute atomic E-state index is 0.0380. The number of ether oxygens (including phenoxy) is 2. The summed E-state index contributed by atoms with van der Waals surface area (Å²) in [5.74, 6) is -0.483. The van der Waals surface area contributed by atoms with E-state index >= 15 is 0 Å². The second kappa shape index (κ2) is 10.6. The van der Waals surface area contributed by atoms with Crippen molar-refractivity contribution < 1.29 is 27.5 Å². The van der Waals surface area contributed by atoms with Gasteiger partial charge in [0.2, 0.25) is 0 Å². The fourth-order valence-electron chi connectivity index (χ4n) is 3.73. The van der Waals surface area contributed by atoms with E-state index in [9.17, 15) is 18.0 Å². The number of carbonyl (C=O) groups excluding carboxylic acids is 2. The molecule has 0 atom stereocenters. The van der Waals surface area contributed by atoms with Gasteiger partial charge in [-0.2, -0.15) is 0 Å². The first-order valence-electron chi connectivity index (χ1n) is 10.9. The Hall–Kier alpha value is -3.89. The topological polar surface area (TPSA) is 114 Å². The summed E-state index contributed by atoms with van der Waals surface area (Å²) in [7, 11) is -2.32. The van der Waals surface area contributed by atoms with Gasteiger partial charge in [-0.1, -0.05) is 30.3 Å². The lowest BCUT2D eigenvalue weighted by Crippen LogP contribution is -2.29. The normalized spacial score (nSPS) is 12.7. The highest BCUT2D eigenvalue weighted by atomic mass is 32.2. The van der Waals surface area contributed by atoms with Crippen molar-refractivity contribution in [1.82, 2.24) is 0 Å². The van der Waals surface area contributed by atoms with Crippen LogP contribution in [0, 0.1) is 0 Å². The summed E-state index contributed by atoms with van der Waals surface area (Å²) in [5.41, 5.74) is 2.67. The van der Waals surface area contributed by atoms with E-state index in [1.807, 2.05) is 12.1 Å². The minimum Gasteiger partial charge on any atom is -0.447 e. The van der Waals surface area contributed by atoms with Gasteiger partial charge >= 0.3 is 6.09 Å². The molecule has 0 unspecified atom stereocenters. The summed E-state index contributed by atoms with van der Waals surface area (Å²) in [5, 5.41) is 5.30. The molecular formula is C25H25N3O6S. The highest BCUT2D eigenvalue weighted by molar-refractivity contribution is 7.92. The van der Waals surface area contributed by atoms with E-state index in [4.69, 9.17) is 9.47 Å². The third-order valence-corrected chi connectivity index (χ3v) is 7.23. The van der Waals surface area contributed by atoms with Crippen LogP contribution in [-0.4, -0.2) is 47.3 Å². The van der Waals surface area contributed by atoms with Gasteiger partial charge in [0.1, 0.15) is 6.61 Å². The van der Waals surface area contributed by atoms with Crippen LogP contribution in [0.4, 0.5) is 21.9 Å². The largest absolute Gasteiger partial charge is 0.447 e. The molecule has 0 fully saturated rings. The predicted octanol–water partition coefficient (Wildman–Crippen LogP) is 3.89. The lowest BCUT2D eigenvalue weighted by atomic mass is 10.2. The molecule has 9 nitrogen and oxygen atoms in total. The van der Waals surface area contributed by atoms with Crippen molar-refractivity contribution in [2.45, 2.75) is 11.3 Å². The quantitative estimate of drug-likeness (QED) is 0.459. The van der Waals surface area contributed by atoms with Gasteiger partial charge in [-0.25, -0.2) is 13.2 Å². The summed E-state index contributed by atoms with van der Waals surface area (Å²) in [4.78, 5) is 24.7. The zero-order chi connectivity index (χ0) is 24.8. The second-order valence-corrected chi connectivity index (χ2v) is 9.63. The van der Waals surface area contributed by atoms with E-state index in [2.05, 4.69) is 10.6 Å². The van der Waals surface area contributed by atoms with Crippen LogP contribution >= 0.6 is 0 Å². The molecule has 1 aliphatic heterocycles. The molecule has 3 aromatic carbocycles. The van der Waals surface area contributed by atoms with Crippen LogP contribution < -0.4 is 14.9 Å². The van der Waals surface area contributed by atoms with E-state index in [-0.39, 0.29) is 23.7 Å².